The summed E-state index contributed by atoms with van der Waals surface area (Å²) in [5.41, 5.74) is 0.602. The van der Waals surface area contributed by atoms with E-state index in [0.717, 1.165) is 25.9 Å². The fourth-order valence-corrected chi connectivity index (χ4v) is 4.17. The molecule has 0 N–H and O–H groups in total. The van der Waals surface area contributed by atoms with E-state index in [0.29, 0.717) is 12.5 Å². The van der Waals surface area contributed by atoms with Crippen molar-refractivity contribution in [2.24, 2.45) is 5.92 Å². The summed E-state index contributed by atoms with van der Waals surface area (Å²) < 4.78 is 10.7. The summed E-state index contributed by atoms with van der Waals surface area (Å²) in [5.74, 6) is -0.0430. The molecule has 3 aliphatic heterocycles. The van der Waals surface area contributed by atoms with Crippen molar-refractivity contribution in [1.29, 1.82) is 0 Å². The quantitative estimate of drug-likeness (QED) is 0.761. The standard InChI is InChI=1S/C21H30N2O4/c1-21(2,3)27-20(25)23-14-16-10-11-17(18(23)19(24)26-4)22(13-16)12-15-8-6-5-7-9-15/h5-9,16-18H,10-14H2,1-4H3/t16?,17?,18-/m0/s1. The second-order valence-corrected chi connectivity index (χ2v) is 8.53. The molecule has 4 rings (SSSR count). The Labute approximate surface area is 161 Å². The van der Waals surface area contributed by atoms with Crippen molar-refractivity contribution in [2.75, 3.05) is 20.2 Å². The molecule has 3 saturated heterocycles. The van der Waals surface area contributed by atoms with Crippen molar-refractivity contribution in [3.8, 4) is 0 Å². The van der Waals surface area contributed by atoms with Crippen molar-refractivity contribution < 1.29 is 19.1 Å². The lowest BCUT2D eigenvalue weighted by molar-refractivity contribution is -0.149. The van der Waals surface area contributed by atoms with Crippen LogP contribution in [0.1, 0.15) is 39.2 Å². The van der Waals surface area contributed by atoms with Crippen LogP contribution in [-0.4, -0.2) is 59.7 Å². The van der Waals surface area contributed by atoms with E-state index in [4.69, 9.17) is 9.47 Å². The highest BCUT2D eigenvalue weighted by Crippen LogP contribution is 2.34. The van der Waals surface area contributed by atoms with E-state index in [1.807, 2.05) is 39.0 Å². The average Bonchev–Trinajstić information content (AvgIpc) is 2.89. The summed E-state index contributed by atoms with van der Waals surface area (Å²) in [4.78, 5) is 29.5. The van der Waals surface area contributed by atoms with Gasteiger partial charge in [-0.2, -0.15) is 0 Å². The van der Waals surface area contributed by atoms with Crippen molar-refractivity contribution in [3.05, 3.63) is 35.9 Å². The van der Waals surface area contributed by atoms with Gasteiger partial charge in [0.2, 0.25) is 0 Å². The first kappa shape index (κ1) is 19.7. The van der Waals surface area contributed by atoms with E-state index >= 15 is 0 Å². The number of amides is 1. The van der Waals surface area contributed by atoms with Crippen molar-refractivity contribution in [2.45, 2.75) is 57.8 Å². The van der Waals surface area contributed by atoms with Gasteiger partial charge in [-0.05, 0) is 45.1 Å². The van der Waals surface area contributed by atoms with Crippen molar-refractivity contribution in [1.82, 2.24) is 9.80 Å². The zero-order chi connectivity index (χ0) is 19.6. The highest BCUT2D eigenvalue weighted by Gasteiger charge is 2.48. The number of benzene rings is 1. The minimum Gasteiger partial charge on any atom is -0.467 e. The van der Waals surface area contributed by atoms with Gasteiger partial charge in [-0.15, -0.1) is 0 Å². The minimum absolute atomic E-state index is 0.0658. The van der Waals surface area contributed by atoms with E-state index in [2.05, 4.69) is 17.0 Å². The predicted molar refractivity (Wildman–Crippen MR) is 102 cm³/mol. The van der Waals surface area contributed by atoms with E-state index in [1.165, 1.54) is 12.7 Å². The molecular weight excluding hydrogens is 344 g/mol. The Hall–Kier alpha value is -2.08. The molecule has 3 heterocycles. The van der Waals surface area contributed by atoms with Crippen LogP contribution in [0.2, 0.25) is 0 Å². The highest BCUT2D eigenvalue weighted by molar-refractivity contribution is 5.82. The molecule has 0 radical (unpaired) electrons. The van der Waals surface area contributed by atoms with Gasteiger partial charge >= 0.3 is 12.1 Å². The number of esters is 1. The lowest BCUT2D eigenvalue weighted by Crippen LogP contribution is -2.56. The Kier molecular flexibility index (Phi) is 5.75. The number of nitrogens with zero attached hydrogens (tertiary/aromatic N) is 2. The average molecular weight is 374 g/mol. The molecule has 1 amide bonds. The summed E-state index contributed by atoms with van der Waals surface area (Å²) in [6.45, 7) is 7.67. The zero-order valence-electron chi connectivity index (χ0n) is 16.7. The smallest absolute Gasteiger partial charge is 0.411 e. The Balaban J connectivity index is 1.87. The van der Waals surface area contributed by atoms with Gasteiger partial charge in [0.15, 0.2) is 0 Å². The van der Waals surface area contributed by atoms with Crippen LogP contribution >= 0.6 is 0 Å². The molecule has 3 aliphatic rings. The summed E-state index contributed by atoms with van der Waals surface area (Å²) in [6, 6.07) is 9.53. The molecule has 0 aromatic heterocycles. The predicted octanol–water partition coefficient (Wildman–Crippen LogP) is 3.06. The molecule has 0 spiro atoms. The number of rotatable bonds is 3. The Morgan fingerprint density at radius 3 is 2.44 bits per heavy atom. The lowest BCUT2D eigenvalue weighted by Gasteiger charge is -2.39. The molecule has 0 aliphatic carbocycles. The summed E-state index contributed by atoms with van der Waals surface area (Å²) in [5, 5.41) is 0. The summed E-state index contributed by atoms with van der Waals surface area (Å²) in [6.07, 6.45) is 1.44. The maximum absolute atomic E-state index is 12.9. The molecule has 6 heteroatoms. The number of ether oxygens (including phenoxy) is 2. The molecule has 6 nitrogen and oxygen atoms in total. The van der Waals surface area contributed by atoms with E-state index in [1.54, 1.807) is 4.90 Å². The monoisotopic (exact) mass is 374 g/mol. The van der Waals surface area contributed by atoms with Crippen LogP contribution in [0.4, 0.5) is 4.79 Å². The maximum Gasteiger partial charge on any atom is 0.411 e. The maximum atomic E-state index is 12.9. The van der Waals surface area contributed by atoms with Crippen molar-refractivity contribution >= 4 is 12.1 Å². The van der Waals surface area contributed by atoms with Crippen LogP contribution in [0.15, 0.2) is 30.3 Å². The lowest BCUT2D eigenvalue weighted by atomic mass is 9.91. The first-order valence-electron chi connectivity index (χ1n) is 9.64. The normalized spacial score (nSPS) is 25.8. The first-order chi connectivity index (χ1) is 12.8. The van der Waals surface area contributed by atoms with Gasteiger partial charge in [0.05, 0.1) is 7.11 Å². The van der Waals surface area contributed by atoms with Crippen molar-refractivity contribution in [3.63, 3.8) is 0 Å². The van der Waals surface area contributed by atoms with Gasteiger partial charge in [0.1, 0.15) is 11.6 Å². The minimum atomic E-state index is -0.638. The topological polar surface area (TPSA) is 59.1 Å². The highest BCUT2D eigenvalue weighted by atomic mass is 16.6. The van der Waals surface area contributed by atoms with Gasteiger partial charge < -0.3 is 9.47 Å². The first-order valence-corrected chi connectivity index (χ1v) is 9.64. The number of methoxy groups -OCH3 is 1. The van der Waals surface area contributed by atoms with E-state index < -0.39 is 17.7 Å². The third-order valence-corrected chi connectivity index (χ3v) is 5.29. The fourth-order valence-electron chi connectivity index (χ4n) is 4.17. The molecule has 0 saturated carbocycles. The summed E-state index contributed by atoms with van der Waals surface area (Å²) in [7, 11) is 1.38. The van der Waals surface area contributed by atoms with Crippen LogP contribution in [0.3, 0.4) is 0 Å². The summed E-state index contributed by atoms with van der Waals surface area (Å²) >= 11 is 0. The Morgan fingerprint density at radius 2 is 1.81 bits per heavy atom. The molecular formula is C21H30N2O4. The van der Waals surface area contributed by atoms with Crippen LogP contribution in [0, 0.1) is 5.92 Å². The molecule has 1 aromatic carbocycles. The van der Waals surface area contributed by atoms with E-state index in [-0.39, 0.29) is 12.0 Å². The molecule has 148 valence electrons. The van der Waals surface area contributed by atoms with Gasteiger partial charge in [0.25, 0.3) is 0 Å². The van der Waals surface area contributed by atoms with Gasteiger partial charge in [-0.1, -0.05) is 30.3 Å². The number of carbonyl (C=O) groups is 2. The molecule has 3 atom stereocenters. The number of carbonyl (C=O) groups excluding carboxylic acids is 2. The SMILES string of the molecule is COC(=O)[C@@H]1C2CCC(CN2Cc2ccccc2)CN1C(=O)OC(C)(C)C. The zero-order valence-corrected chi connectivity index (χ0v) is 16.7. The van der Waals surface area contributed by atoms with Gasteiger partial charge in [-0.25, -0.2) is 9.59 Å². The Morgan fingerprint density at radius 1 is 1.11 bits per heavy atom. The number of piperidine rings is 1. The number of fused-ring (bicyclic) bond motifs is 4. The van der Waals surface area contributed by atoms with Gasteiger partial charge in [0, 0.05) is 25.7 Å². The molecule has 1 aromatic rings. The largest absolute Gasteiger partial charge is 0.467 e. The third-order valence-electron chi connectivity index (χ3n) is 5.29. The molecule has 2 bridgehead atoms. The molecule has 3 fully saturated rings. The van der Waals surface area contributed by atoms with Crippen LogP contribution in [0.25, 0.3) is 0 Å². The second-order valence-electron chi connectivity index (χ2n) is 8.53. The number of hydrogen-bond acceptors (Lipinski definition) is 5. The third kappa shape index (κ3) is 4.61. The molecule has 27 heavy (non-hydrogen) atoms. The van der Waals surface area contributed by atoms with Crippen LogP contribution in [0.5, 0.6) is 0 Å². The van der Waals surface area contributed by atoms with E-state index in [9.17, 15) is 9.59 Å². The van der Waals surface area contributed by atoms with Crippen LogP contribution in [-0.2, 0) is 20.8 Å². The fraction of sp³-hybridized carbons (Fsp3) is 0.619. The van der Waals surface area contributed by atoms with Crippen LogP contribution < -0.4 is 0 Å². The Bertz CT molecular complexity index is 671. The number of hydrogen-bond donors (Lipinski definition) is 0. The second kappa shape index (κ2) is 7.89. The molecule has 2 unspecified atom stereocenters. The van der Waals surface area contributed by atoms with Gasteiger partial charge in [-0.3, -0.25) is 9.80 Å².